The molecule has 0 bridgehead atoms. The summed E-state index contributed by atoms with van der Waals surface area (Å²) in [5.74, 6) is 3.06. The highest BCUT2D eigenvalue weighted by atomic mass is 16.5. The van der Waals surface area contributed by atoms with Crippen molar-refractivity contribution in [3.8, 4) is 0 Å². The largest absolute Gasteiger partial charge is 0.378 e. The fourth-order valence-electron chi connectivity index (χ4n) is 2.70. The molecule has 0 radical (unpaired) electrons. The summed E-state index contributed by atoms with van der Waals surface area (Å²) in [6.45, 7) is 5.12. The summed E-state index contributed by atoms with van der Waals surface area (Å²) in [6, 6.07) is 2.46. The van der Waals surface area contributed by atoms with Gasteiger partial charge in [0.15, 0.2) is 0 Å². The van der Waals surface area contributed by atoms with Crippen LogP contribution in [0, 0.1) is 5.92 Å². The molecule has 4 heteroatoms. The zero-order chi connectivity index (χ0) is 13.2. The molecule has 2 atom stereocenters. The molecule has 2 aliphatic rings. The smallest absolute Gasteiger partial charge is 0.133 e. The van der Waals surface area contributed by atoms with Gasteiger partial charge in [-0.15, -0.1) is 0 Å². The van der Waals surface area contributed by atoms with Crippen LogP contribution in [0.15, 0.2) is 12.3 Å². The van der Waals surface area contributed by atoms with E-state index < -0.39 is 0 Å². The standard InChI is InChI=1S/C15H23N3O/c1-10(2)15-16-7-5-14(18-15)17-12-6-8-19-13(9-12)11-3-4-11/h5,7,10-13H,3-4,6,8-9H2,1-2H3,(H,16,17,18). The van der Waals surface area contributed by atoms with Crippen LogP contribution in [-0.4, -0.2) is 28.7 Å². The first-order valence-electron chi connectivity index (χ1n) is 7.43. The normalized spacial score (nSPS) is 27.5. The molecule has 1 aromatic rings. The van der Waals surface area contributed by atoms with Crippen LogP contribution in [0.2, 0.25) is 0 Å². The minimum Gasteiger partial charge on any atom is -0.378 e. The molecular formula is C15H23N3O. The van der Waals surface area contributed by atoms with E-state index in [9.17, 15) is 0 Å². The van der Waals surface area contributed by atoms with Crippen LogP contribution in [-0.2, 0) is 4.74 Å². The van der Waals surface area contributed by atoms with Crippen LogP contribution in [0.5, 0.6) is 0 Å². The quantitative estimate of drug-likeness (QED) is 0.905. The molecule has 1 saturated heterocycles. The molecule has 19 heavy (non-hydrogen) atoms. The van der Waals surface area contributed by atoms with Crippen LogP contribution >= 0.6 is 0 Å². The Bertz CT molecular complexity index is 431. The number of aromatic nitrogens is 2. The average molecular weight is 261 g/mol. The Balaban J connectivity index is 1.62. The van der Waals surface area contributed by atoms with E-state index in [1.54, 1.807) is 0 Å². The molecular weight excluding hydrogens is 238 g/mol. The first kappa shape index (κ1) is 12.9. The molecule has 2 heterocycles. The molecule has 4 nitrogen and oxygen atoms in total. The van der Waals surface area contributed by atoms with Crippen molar-refractivity contribution in [2.24, 2.45) is 5.92 Å². The maximum atomic E-state index is 5.86. The van der Waals surface area contributed by atoms with Crippen molar-refractivity contribution >= 4 is 5.82 Å². The SMILES string of the molecule is CC(C)c1nccc(NC2CCOC(C3CC3)C2)n1. The van der Waals surface area contributed by atoms with Gasteiger partial charge in [-0.3, -0.25) is 0 Å². The summed E-state index contributed by atoms with van der Waals surface area (Å²) in [4.78, 5) is 8.90. The van der Waals surface area contributed by atoms with Gasteiger partial charge in [0.05, 0.1) is 6.10 Å². The molecule has 1 aromatic heterocycles. The second-order valence-electron chi connectivity index (χ2n) is 6.07. The van der Waals surface area contributed by atoms with Gasteiger partial charge in [-0.1, -0.05) is 13.8 Å². The Morgan fingerprint density at radius 2 is 2.16 bits per heavy atom. The summed E-state index contributed by atoms with van der Waals surface area (Å²) in [5.41, 5.74) is 0. The number of hydrogen-bond acceptors (Lipinski definition) is 4. The van der Waals surface area contributed by atoms with Crippen molar-refractivity contribution in [1.29, 1.82) is 0 Å². The predicted octanol–water partition coefficient (Wildman–Crippen LogP) is 2.97. The Kier molecular flexibility index (Phi) is 3.69. The molecule has 104 valence electrons. The van der Waals surface area contributed by atoms with E-state index in [1.807, 2.05) is 12.3 Å². The van der Waals surface area contributed by atoms with Gasteiger partial charge < -0.3 is 10.1 Å². The molecule has 1 saturated carbocycles. The lowest BCUT2D eigenvalue weighted by Gasteiger charge is -2.30. The fourth-order valence-corrected chi connectivity index (χ4v) is 2.70. The highest BCUT2D eigenvalue weighted by Gasteiger charge is 2.35. The van der Waals surface area contributed by atoms with Gasteiger partial charge in [0.25, 0.3) is 0 Å². The Morgan fingerprint density at radius 1 is 1.32 bits per heavy atom. The summed E-state index contributed by atoms with van der Waals surface area (Å²) in [6.07, 6.45) is 7.21. The van der Waals surface area contributed by atoms with Crippen LogP contribution in [0.25, 0.3) is 0 Å². The minimum atomic E-state index is 0.371. The van der Waals surface area contributed by atoms with Gasteiger partial charge in [-0.2, -0.15) is 0 Å². The van der Waals surface area contributed by atoms with Crippen LogP contribution in [0.4, 0.5) is 5.82 Å². The van der Waals surface area contributed by atoms with E-state index in [1.165, 1.54) is 12.8 Å². The summed E-state index contributed by atoms with van der Waals surface area (Å²) in [5, 5.41) is 3.56. The lowest BCUT2D eigenvalue weighted by molar-refractivity contribution is -0.00223. The molecule has 0 spiro atoms. The molecule has 1 N–H and O–H groups in total. The number of nitrogens with one attached hydrogen (secondary N) is 1. The van der Waals surface area contributed by atoms with Crippen molar-refractivity contribution in [2.75, 3.05) is 11.9 Å². The molecule has 2 unspecified atom stereocenters. The molecule has 2 fully saturated rings. The van der Waals surface area contributed by atoms with E-state index in [0.29, 0.717) is 18.1 Å². The number of hydrogen-bond donors (Lipinski definition) is 1. The lowest BCUT2D eigenvalue weighted by atomic mass is 10.00. The van der Waals surface area contributed by atoms with E-state index >= 15 is 0 Å². The molecule has 0 amide bonds. The predicted molar refractivity (Wildman–Crippen MR) is 75.2 cm³/mol. The molecule has 3 rings (SSSR count). The van der Waals surface area contributed by atoms with Crippen molar-refractivity contribution in [2.45, 2.75) is 57.6 Å². The van der Waals surface area contributed by atoms with Gasteiger partial charge >= 0.3 is 0 Å². The highest BCUT2D eigenvalue weighted by Crippen LogP contribution is 2.38. The number of nitrogens with zero attached hydrogens (tertiary/aromatic N) is 2. The Hall–Kier alpha value is -1.16. The van der Waals surface area contributed by atoms with E-state index in [4.69, 9.17) is 4.74 Å². The van der Waals surface area contributed by atoms with E-state index in [2.05, 4.69) is 29.1 Å². The first-order chi connectivity index (χ1) is 9.22. The van der Waals surface area contributed by atoms with Crippen molar-refractivity contribution in [3.63, 3.8) is 0 Å². The topological polar surface area (TPSA) is 47.0 Å². The van der Waals surface area contributed by atoms with Gasteiger partial charge in [-0.25, -0.2) is 9.97 Å². The third-order valence-electron chi connectivity index (χ3n) is 4.01. The van der Waals surface area contributed by atoms with Crippen LogP contribution in [0.3, 0.4) is 0 Å². The van der Waals surface area contributed by atoms with E-state index in [0.717, 1.165) is 37.0 Å². The number of anilines is 1. The third-order valence-corrected chi connectivity index (χ3v) is 4.01. The van der Waals surface area contributed by atoms with Crippen molar-refractivity contribution in [1.82, 2.24) is 9.97 Å². The summed E-state index contributed by atoms with van der Waals surface area (Å²) in [7, 11) is 0. The second-order valence-corrected chi connectivity index (χ2v) is 6.07. The van der Waals surface area contributed by atoms with Crippen molar-refractivity contribution in [3.05, 3.63) is 18.1 Å². The van der Waals surface area contributed by atoms with E-state index in [-0.39, 0.29) is 0 Å². The van der Waals surface area contributed by atoms with Gasteiger partial charge in [0.1, 0.15) is 11.6 Å². The second kappa shape index (κ2) is 5.45. The van der Waals surface area contributed by atoms with Gasteiger partial charge in [-0.05, 0) is 37.7 Å². The molecule has 0 aromatic carbocycles. The third kappa shape index (κ3) is 3.24. The molecule has 1 aliphatic heterocycles. The zero-order valence-corrected chi connectivity index (χ0v) is 11.8. The number of ether oxygens (including phenoxy) is 1. The number of rotatable bonds is 4. The van der Waals surface area contributed by atoms with Crippen LogP contribution in [0.1, 0.15) is 51.3 Å². The van der Waals surface area contributed by atoms with Crippen molar-refractivity contribution < 1.29 is 4.74 Å². The maximum Gasteiger partial charge on any atom is 0.133 e. The highest BCUT2D eigenvalue weighted by molar-refractivity contribution is 5.34. The lowest BCUT2D eigenvalue weighted by Crippen LogP contribution is -2.35. The monoisotopic (exact) mass is 261 g/mol. The minimum absolute atomic E-state index is 0.371. The first-order valence-corrected chi connectivity index (χ1v) is 7.43. The Labute approximate surface area is 115 Å². The molecule has 1 aliphatic carbocycles. The fraction of sp³-hybridized carbons (Fsp3) is 0.733. The Morgan fingerprint density at radius 3 is 2.89 bits per heavy atom. The maximum absolute atomic E-state index is 5.86. The summed E-state index contributed by atoms with van der Waals surface area (Å²) < 4.78 is 5.86. The average Bonchev–Trinajstić information content (AvgIpc) is 3.23. The van der Waals surface area contributed by atoms with Gasteiger partial charge in [0, 0.05) is 24.8 Å². The van der Waals surface area contributed by atoms with Gasteiger partial charge in [0.2, 0.25) is 0 Å². The van der Waals surface area contributed by atoms with Crippen LogP contribution < -0.4 is 5.32 Å². The summed E-state index contributed by atoms with van der Waals surface area (Å²) >= 11 is 0. The zero-order valence-electron chi connectivity index (χ0n) is 11.8.